The van der Waals surface area contributed by atoms with Crippen molar-refractivity contribution in [3.63, 3.8) is 0 Å². The lowest BCUT2D eigenvalue weighted by Crippen LogP contribution is -2.18. The van der Waals surface area contributed by atoms with Crippen LogP contribution in [0.4, 0.5) is 5.69 Å². The molecule has 0 unspecified atom stereocenters. The number of carbonyl (C=O) groups is 1. The molecule has 0 atom stereocenters. The molecule has 23 heavy (non-hydrogen) atoms. The molecular formula is C17H17N5O. The molecule has 6 heteroatoms. The van der Waals surface area contributed by atoms with Gasteiger partial charge in [-0.1, -0.05) is 24.3 Å². The molecule has 6 nitrogen and oxygen atoms in total. The predicted molar refractivity (Wildman–Crippen MR) is 89.7 cm³/mol. The molecule has 2 aromatic carbocycles. The first kappa shape index (κ1) is 14.8. The number of nitrogens with one attached hydrogen (secondary N) is 1. The first-order chi connectivity index (χ1) is 11.1. The van der Waals surface area contributed by atoms with Gasteiger partial charge >= 0.3 is 0 Å². The first-order valence-corrected chi connectivity index (χ1v) is 7.16. The number of nitrogen functional groups attached to an aromatic ring is 1. The number of nitrogens with two attached hydrogens (primary N) is 1. The van der Waals surface area contributed by atoms with Crippen molar-refractivity contribution < 1.29 is 4.79 Å². The van der Waals surface area contributed by atoms with E-state index in [1.807, 2.05) is 48.0 Å². The summed E-state index contributed by atoms with van der Waals surface area (Å²) < 4.78 is 1.85. The van der Waals surface area contributed by atoms with Crippen LogP contribution in [-0.2, 0) is 7.05 Å². The van der Waals surface area contributed by atoms with Crippen LogP contribution >= 0.6 is 0 Å². The van der Waals surface area contributed by atoms with Crippen LogP contribution in [0, 0.1) is 0 Å². The van der Waals surface area contributed by atoms with Gasteiger partial charge in [-0.3, -0.25) is 4.79 Å². The highest BCUT2D eigenvalue weighted by Gasteiger charge is 2.13. The second-order valence-electron chi connectivity index (χ2n) is 5.23. The summed E-state index contributed by atoms with van der Waals surface area (Å²) in [5.74, 6) is 0.583. The van der Waals surface area contributed by atoms with Gasteiger partial charge in [0.15, 0.2) is 5.82 Å². The topological polar surface area (TPSA) is 85.8 Å². The molecule has 3 rings (SSSR count). The fourth-order valence-electron chi connectivity index (χ4n) is 2.54. The Bertz CT molecular complexity index is 869. The molecule has 1 heterocycles. The van der Waals surface area contributed by atoms with Crippen molar-refractivity contribution >= 4 is 11.6 Å². The van der Waals surface area contributed by atoms with E-state index in [0.29, 0.717) is 11.3 Å². The van der Waals surface area contributed by atoms with Gasteiger partial charge in [0.1, 0.15) is 6.33 Å². The van der Waals surface area contributed by atoms with Crippen molar-refractivity contribution in [3.8, 4) is 22.5 Å². The van der Waals surface area contributed by atoms with E-state index in [1.165, 1.54) is 0 Å². The van der Waals surface area contributed by atoms with Crippen LogP contribution in [0.5, 0.6) is 0 Å². The van der Waals surface area contributed by atoms with Gasteiger partial charge in [-0.05, 0) is 29.3 Å². The summed E-state index contributed by atoms with van der Waals surface area (Å²) in [4.78, 5) is 11.9. The van der Waals surface area contributed by atoms with Crippen LogP contribution in [0.3, 0.4) is 0 Å². The average molecular weight is 307 g/mol. The summed E-state index contributed by atoms with van der Waals surface area (Å²) in [5, 5.41) is 10.7. The van der Waals surface area contributed by atoms with Gasteiger partial charge in [-0.25, -0.2) is 0 Å². The van der Waals surface area contributed by atoms with Crippen LogP contribution in [0.1, 0.15) is 10.4 Å². The van der Waals surface area contributed by atoms with E-state index in [9.17, 15) is 4.79 Å². The number of benzene rings is 2. The second-order valence-corrected chi connectivity index (χ2v) is 5.23. The molecule has 0 bridgehead atoms. The average Bonchev–Trinajstić information content (AvgIpc) is 2.99. The van der Waals surface area contributed by atoms with Gasteiger partial charge in [-0.15, -0.1) is 10.2 Å². The molecule has 1 aromatic heterocycles. The van der Waals surface area contributed by atoms with E-state index < -0.39 is 0 Å². The lowest BCUT2D eigenvalue weighted by atomic mass is 9.96. The SMILES string of the molecule is CNC(=O)c1cc(N)cc(-c2ccccc2-c2nncn2C)c1. The summed E-state index contributed by atoms with van der Waals surface area (Å²) in [6.07, 6.45) is 1.65. The zero-order valence-electron chi connectivity index (χ0n) is 12.9. The van der Waals surface area contributed by atoms with E-state index in [0.717, 1.165) is 22.5 Å². The Morgan fingerprint density at radius 1 is 1.17 bits per heavy atom. The maximum absolute atomic E-state index is 11.9. The number of amides is 1. The normalized spacial score (nSPS) is 10.5. The van der Waals surface area contributed by atoms with Crippen LogP contribution in [0.25, 0.3) is 22.5 Å². The van der Waals surface area contributed by atoms with Gasteiger partial charge in [0.25, 0.3) is 5.91 Å². The van der Waals surface area contributed by atoms with E-state index in [4.69, 9.17) is 5.73 Å². The van der Waals surface area contributed by atoms with E-state index >= 15 is 0 Å². The maximum Gasteiger partial charge on any atom is 0.251 e. The second kappa shape index (κ2) is 5.92. The molecular weight excluding hydrogens is 290 g/mol. The Morgan fingerprint density at radius 2 is 1.91 bits per heavy atom. The lowest BCUT2D eigenvalue weighted by Gasteiger charge is -2.11. The van der Waals surface area contributed by atoms with E-state index in [2.05, 4.69) is 15.5 Å². The molecule has 3 N–H and O–H groups in total. The zero-order valence-corrected chi connectivity index (χ0v) is 12.9. The van der Waals surface area contributed by atoms with Crippen molar-refractivity contribution in [3.05, 3.63) is 54.4 Å². The number of aromatic nitrogens is 3. The molecule has 1 amide bonds. The molecule has 0 saturated carbocycles. The lowest BCUT2D eigenvalue weighted by molar-refractivity contribution is 0.0963. The number of anilines is 1. The minimum atomic E-state index is -0.172. The summed E-state index contributed by atoms with van der Waals surface area (Å²) in [7, 11) is 3.49. The third-order valence-corrected chi connectivity index (χ3v) is 3.63. The number of rotatable bonds is 3. The highest BCUT2D eigenvalue weighted by Crippen LogP contribution is 2.32. The highest BCUT2D eigenvalue weighted by molar-refractivity contribution is 5.97. The van der Waals surface area contributed by atoms with Gasteiger partial charge in [-0.2, -0.15) is 0 Å². The Hall–Kier alpha value is -3.15. The smallest absolute Gasteiger partial charge is 0.251 e. The Morgan fingerprint density at radius 3 is 2.57 bits per heavy atom. The Balaban J connectivity index is 2.19. The minimum Gasteiger partial charge on any atom is -0.399 e. The van der Waals surface area contributed by atoms with Crippen molar-refractivity contribution in [1.29, 1.82) is 0 Å². The van der Waals surface area contributed by atoms with Crippen LogP contribution < -0.4 is 11.1 Å². The van der Waals surface area contributed by atoms with E-state index in [1.54, 1.807) is 19.4 Å². The molecule has 0 fully saturated rings. The predicted octanol–water partition coefficient (Wildman–Crippen LogP) is 2.09. The number of hydrogen-bond donors (Lipinski definition) is 2. The summed E-state index contributed by atoms with van der Waals surface area (Å²) in [6, 6.07) is 13.2. The zero-order chi connectivity index (χ0) is 16.4. The largest absolute Gasteiger partial charge is 0.399 e. The number of hydrogen-bond acceptors (Lipinski definition) is 4. The third-order valence-electron chi connectivity index (χ3n) is 3.63. The van der Waals surface area contributed by atoms with Crippen LogP contribution in [0.2, 0.25) is 0 Å². The fraction of sp³-hybridized carbons (Fsp3) is 0.118. The number of carbonyl (C=O) groups excluding carboxylic acids is 1. The quantitative estimate of drug-likeness (QED) is 0.726. The monoisotopic (exact) mass is 307 g/mol. The van der Waals surface area contributed by atoms with Gasteiger partial charge in [0, 0.05) is 30.9 Å². The van der Waals surface area contributed by atoms with Gasteiger partial charge < -0.3 is 15.6 Å². The highest BCUT2D eigenvalue weighted by atomic mass is 16.1. The van der Waals surface area contributed by atoms with E-state index in [-0.39, 0.29) is 5.91 Å². The molecule has 3 aromatic rings. The van der Waals surface area contributed by atoms with Gasteiger partial charge in [0.2, 0.25) is 0 Å². The van der Waals surface area contributed by atoms with Gasteiger partial charge in [0.05, 0.1) is 0 Å². The van der Waals surface area contributed by atoms with Crippen molar-refractivity contribution in [1.82, 2.24) is 20.1 Å². The van der Waals surface area contributed by atoms with Crippen LogP contribution in [0.15, 0.2) is 48.8 Å². The molecule has 0 radical (unpaired) electrons. The molecule has 0 aliphatic heterocycles. The number of aryl methyl sites for hydroxylation is 1. The fourth-order valence-corrected chi connectivity index (χ4v) is 2.54. The standard InChI is InChI=1S/C17H17N5O/c1-19-17(23)12-7-11(8-13(18)9-12)14-5-3-4-6-15(14)16-21-20-10-22(16)2/h3-10H,18H2,1-2H3,(H,19,23). The summed E-state index contributed by atoms with van der Waals surface area (Å²) >= 11 is 0. The molecule has 0 aliphatic carbocycles. The van der Waals surface area contributed by atoms with Crippen LogP contribution in [-0.4, -0.2) is 27.7 Å². The first-order valence-electron chi connectivity index (χ1n) is 7.16. The number of nitrogens with zero attached hydrogens (tertiary/aromatic N) is 3. The Labute approximate surface area is 134 Å². The molecule has 0 spiro atoms. The third kappa shape index (κ3) is 2.78. The summed E-state index contributed by atoms with van der Waals surface area (Å²) in [6.45, 7) is 0. The van der Waals surface area contributed by atoms with Crippen molar-refractivity contribution in [2.45, 2.75) is 0 Å². The summed E-state index contributed by atoms with van der Waals surface area (Å²) in [5.41, 5.74) is 9.77. The molecule has 0 saturated heterocycles. The van der Waals surface area contributed by atoms with Crippen molar-refractivity contribution in [2.24, 2.45) is 7.05 Å². The molecule has 116 valence electrons. The van der Waals surface area contributed by atoms with Crippen molar-refractivity contribution in [2.75, 3.05) is 12.8 Å². The minimum absolute atomic E-state index is 0.172. The maximum atomic E-state index is 11.9. The Kier molecular flexibility index (Phi) is 3.80. The molecule has 0 aliphatic rings.